The Morgan fingerprint density at radius 1 is 0.705 bits per heavy atom. The maximum absolute atomic E-state index is 14.1. The zero-order chi connectivity index (χ0) is 43.0. The van der Waals surface area contributed by atoms with Gasteiger partial charge in [-0.05, 0) is 108 Å². The van der Waals surface area contributed by atoms with Gasteiger partial charge >= 0.3 is 0 Å². The van der Waals surface area contributed by atoms with Crippen LogP contribution in [0.2, 0.25) is 0 Å². The highest BCUT2D eigenvalue weighted by Crippen LogP contribution is 2.42. The van der Waals surface area contributed by atoms with Crippen molar-refractivity contribution in [3.63, 3.8) is 0 Å². The van der Waals surface area contributed by atoms with Gasteiger partial charge in [0.05, 0.1) is 39.5 Å². The summed E-state index contributed by atoms with van der Waals surface area (Å²) in [5, 5.41) is 3.58. The highest BCUT2D eigenvalue weighted by Gasteiger charge is 2.45. The molecule has 4 heterocycles. The number of ether oxygens (including phenoxy) is 4. The second kappa shape index (κ2) is 17.6. The van der Waals surface area contributed by atoms with Crippen LogP contribution >= 0.6 is 12.9 Å². The zero-order valence-electron chi connectivity index (χ0n) is 34.0. The molecule has 14 nitrogen and oxygen atoms in total. The number of methoxy groups -OCH3 is 2. The second-order valence-electron chi connectivity index (χ2n) is 15.6. The molecule has 0 aromatic heterocycles. The van der Waals surface area contributed by atoms with Crippen LogP contribution in [-0.2, 0) is 37.2 Å². The predicted octanol–water partition coefficient (Wildman–Crippen LogP) is 7.14. The number of hydrogen-bond donors (Lipinski definition) is 2. The summed E-state index contributed by atoms with van der Waals surface area (Å²) in [6.07, 6.45) is 4.39. The number of benzene rings is 4. The Morgan fingerprint density at radius 2 is 1.28 bits per heavy atom. The fourth-order valence-electron chi connectivity index (χ4n) is 8.65. The van der Waals surface area contributed by atoms with Crippen LogP contribution < -0.4 is 18.9 Å². The number of thiol groups is 1. The number of hydrogen-bond acceptors (Lipinski definition) is 12. The molecule has 0 radical (unpaired) electrons. The first-order valence-electron chi connectivity index (χ1n) is 19.8. The molecular formula is C45H46N2O12S2. The van der Waals surface area contributed by atoms with Crippen LogP contribution in [0.4, 0.5) is 0 Å². The van der Waals surface area contributed by atoms with Gasteiger partial charge in [-0.15, -0.1) is 4.33 Å². The standard InChI is InChI=1S/C45H46N2O12S2/c1-26-6-8-28(9-7-26)32-17-37-40(57-58-59-60)20-30-21-42(41(54-4)23-36(30)45(49)46(37)24-32)56-15-5-14-55-39-19-31-22-43(61(50,51)52)38-18-33(29-10-12-34(53-3)13-11-29)25-47(38)44(48)35(31)16-27(39)2/h6-13,16,19,21,23-25,37-38,40,43,60H,5,14-15,17-18,20,22H2,1-4H3,(H,50,51,52)/t37-,38-,40?,43?/m0/s1. The SMILES string of the molecule is COc1ccc(C2=CN3C(=O)c4cc(C)c(OCCCOc5cc6c(cc5OC)C(=O)N5C=C(c7ccc(C)cc7)C[C@H]5C(OOOS)C6)cc4CC(S(=O)(=O)O)[C@@H]3C2)cc1. The number of amides is 2. The lowest BCUT2D eigenvalue weighted by atomic mass is 9.95. The van der Waals surface area contributed by atoms with E-state index in [2.05, 4.69) is 17.2 Å². The van der Waals surface area contributed by atoms with Crippen LogP contribution in [-0.4, -0.2) is 85.5 Å². The minimum atomic E-state index is -4.56. The summed E-state index contributed by atoms with van der Waals surface area (Å²) in [6.45, 7) is 4.30. The maximum Gasteiger partial charge on any atom is 0.270 e. The summed E-state index contributed by atoms with van der Waals surface area (Å²) in [5.41, 5.74) is 7.39. The number of fused-ring (bicyclic) bond motifs is 4. The summed E-state index contributed by atoms with van der Waals surface area (Å²) in [6, 6.07) is 21.1. The van der Waals surface area contributed by atoms with Gasteiger partial charge in [-0.2, -0.15) is 13.3 Å². The lowest BCUT2D eigenvalue weighted by Gasteiger charge is -2.26. The average molecular weight is 871 g/mol. The molecule has 8 rings (SSSR count). The molecule has 0 fully saturated rings. The summed E-state index contributed by atoms with van der Waals surface area (Å²) in [4.78, 5) is 36.8. The molecule has 2 amide bonds. The van der Waals surface area contributed by atoms with Gasteiger partial charge in [0.2, 0.25) is 0 Å². The molecule has 0 aliphatic carbocycles. The molecule has 2 unspecified atom stereocenters. The van der Waals surface area contributed by atoms with Crippen molar-refractivity contribution < 1.29 is 55.8 Å². The maximum atomic E-state index is 14.1. The number of carbonyl (C=O) groups is 2. The first kappa shape index (κ1) is 42.3. The van der Waals surface area contributed by atoms with Crippen LogP contribution in [0.15, 0.2) is 85.2 Å². The quantitative estimate of drug-likeness (QED) is 0.0330. The van der Waals surface area contributed by atoms with Crippen molar-refractivity contribution in [1.29, 1.82) is 0 Å². The highest BCUT2D eigenvalue weighted by molar-refractivity contribution is 7.86. The Bertz CT molecular complexity index is 2510. The minimum absolute atomic E-state index is 0.0758. The molecule has 4 aromatic rings. The lowest BCUT2D eigenvalue weighted by molar-refractivity contribution is -0.479. The van der Waals surface area contributed by atoms with E-state index in [0.29, 0.717) is 70.1 Å². The number of rotatable bonds is 14. The van der Waals surface area contributed by atoms with Crippen molar-refractivity contribution >= 4 is 46.0 Å². The Labute approximate surface area is 359 Å². The number of aryl methyl sites for hydroxylation is 2. The first-order chi connectivity index (χ1) is 29.4. The van der Waals surface area contributed by atoms with Gasteiger partial charge in [0.15, 0.2) is 11.5 Å². The summed E-state index contributed by atoms with van der Waals surface area (Å²) >= 11 is 3.66. The molecule has 4 aliphatic heterocycles. The molecule has 1 N–H and O–H groups in total. The minimum Gasteiger partial charge on any atom is -0.497 e. The topological polar surface area (TPSA) is 160 Å². The molecule has 4 atom stereocenters. The Hall–Kier alpha value is -5.36. The van der Waals surface area contributed by atoms with Gasteiger partial charge in [0.25, 0.3) is 21.9 Å². The van der Waals surface area contributed by atoms with Gasteiger partial charge in [-0.1, -0.05) is 47.0 Å². The molecule has 16 heteroatoms. The van der Waals surface area contributed by atoms with Crippen molar-refractivity contribution in [1.82, 2.24) is 9.80 Å². The van der Waals surface area contributed by atoms with Crippen LogP contribution in [0.1, 0.15) is 73.4 Å². The molecule has 0 saturated carbocycles. The van der Waals surface area contributed by atoms with Crippen LogP contribution in [0, 0.1) is 13.8 Å². The smallest absolute Gasteiger partial charge is 0.270 e. The van der Waals surface area contributed by atoms with E-state index >= 15 is 0 Å². The zero-order valence-corrected chi connectivity index (χ0v) is 35.7. The Balaban J connectivity index is 0.956. The monoisotopic (exact) mass is 870 g/mol. The van der Waals surface area contributed by atoms with Gasteiger partial charge < -0.3 is 28.7 Å². The number of nitrogens with zero attached hydrogens (tertiary/aromatic N) is 2. The normalized spacial score (nSPS) is 20.8. The van der Waals surface area contributed by atoms with E-state index in [1.165, 1.54) is 12.0 Å². The van der Waals surface area contributed by atoms with E-state index in [9.17, 15) is 22.6 Å². The first-order valence-corrected chi connectivity index (χ1v) is 21.7. The van der Waals surface area contributed by atoms with E-state index in [-0.39, 0.29) is 43.9 Å². The van der Waals surface area contributed by atoms with Crippen LogP contribution in [0.25, 0.3) is 11.1 Å². The number of carbonyl (C=O) groups excluding carboxylic acids is 2. The second-order valence-corrected chi connectivity index (χ2v) is 17.4. The van der Waals surface area contributed by atoms with Crippen molar-refractivity contribution in [2.75, 3.05) is 27.4 Å². The molecule has 4 aliphatic rings. The fourth-order valence-corrected chi connectivity index (χ4v) is 9.70. The fraction of sp³-hybridized carbons (Fsp3) is 0.333. The van der Waals surface area contributed by atoms with Crippen LogP contribution in [0.3, 0.4) is 0 Å². The molecule has 0 spiro atoms. The molecule has 0 bridgehead atoms. The third-order valence-corrected chi connectivity index (χ3v) is 13.2. The van der Waals surface area contributed by atoms with E-state index in [1.807, 2.05) is 56.4 Å². The third kappa shape index (κ3) is 8.61. The Morgan fingerprint density at radius 3 is 1.90 bits per heavy atom. The van der Waals surface area contributed by atoms with Crippen molar-refractivity contribution in [2.45, 2.75) is 69.4 Å². The van der Waals surface area contributed by atoms with Crippen molar-refractivity contribution in [3.8, 4) is 23.0 Å². The van der Waals surface area contributed by atoms with Gasteiger partial charge in [0, 0.05) is 49.3 Å². The molecule has 61 heavy (non-hydrogen) atoms. The van der Waals surface area contributed by atoms with E-state index in [1.54, 1.807) is 54.6 Å². The van der Waals surface area contributed by atoms with Crippen molar-refractivity contribution in [2.24, 2.45) is 0 Å². The van der Waals surface area contributed by atoms with E-state index < -0.39 is 27.5 Å². The highest BCUT2D eigenvalue weighted by atomic mass is 32.2. The summed E-state index contributed by atoms with van der Waals surface area (Å²) in [7, 11) is -1.48. The molecular weight excluding hydrogens is 825 g/mol. The largest absolute Gasteiger partial charge is 0.497 e. The summed E-state index contributed by atoms with van der Waals surface area (Å²) in [5.74, 6) is 1.40. The van der Waals surface area contributed by atoms with E-state index in [0.717, 1.165) is 27.8 Å². The van der Waals surface area contributed by atoms with E-state index in [4.69, 9.17) is 28.9 Å². The molecule has 320 valence electrons. The van der Waals surface area contributed by atoms with Crippen LogP contribution in [0.5, 0.6) is 23.0 Å². The molecule has 0 saturated heterocycles. The predicted molar refractivity (Wildman–Crippen MR) is 228 cm³/mol. The van der Waals surface area contributed by atoms with Gasteiger partial charge in [-0.3, -0.25) is 14.1 Å². The van der Waals surface area contributed by atoms with Crippen molar-refractivity contribution in [3.05, 3.63) is 130 Å². The molecule has 4 aromatic carbocycles. The van der Waals surface area contributed by atoms with Gasteiger partial charge in [-0.25, -0.2) is 0 Å². The third-order valence-electron chi connectivity index (χ3n) is 11.8. The lowest BCUT2D eigenvalue weighted by Crippen LogP contribution is -2.43. The summed E-state index contributed by atoms with van der Waals surface area (Å²) < 4.78 is 63.9. The Kier molecular flexibility index (Phi) is 12.2. The average Bonchev–Trinajstić information content (AvgIpc) is 3.85. The van der Waals surface area contributed by atoms with Gasteiger partial charge in [0.1, 0.15) is 22.9 Å².